The predicted molar refractivity (Wildman–Crippen MR) is 101 cm³/mol. The molecule has 2 fully saturated rings. The Morgan fingerprint density at radius 1 is 1.08 bits per heavy atom. The maximum Gasteiger partial charge on any atom is 0.315 e. The molecule has 0 radical (unpaired) electrons. The predicted octanol–water partition coefficient (Wildman–Crippen LogP) is 3.60. The molecule has 1 aromatic rings. The molecule has 3 amide bonds. The highest BCUT2D eigenvalue weighted by molar-refractivity contribution is 9.10. The second-order valence-electron chi connectivity index (χ2n) is 6.99. The Bertz CT molecular complexity index is 595. The van der Waals surface area contributed by atoms with Gasteiger partial charge in [0.25, 0.3) is 0 Å². The number of benzene rings is 1. The molecule has 0 aromatic heterocycles. The fourth-order valence-corrected chi connectivity index (χ4v) is 3.78. The summed E-state index contributed by atoms with van der Waals surface area (Å²) in [6.07, 6.45) is 6.79. The van der Waals surface area contributed by atoms with Crippen molar-refractivity contribution in [2.24, 2.45) is 5.92 Å². The van der Waals surface area contributed by atoms with Gasteiger partial charge >= 0.3 is 6.03 Å². The lowest BCUT2D eigenvalue weighted by molar-refractivity contribution is -0.130. The molecule has 1 atom stereocenters. The number of urea groups is 1. The molecule has 1 aromatic carbocycles. The van der Waals surface area contributed by atoms with E-state index in [1.165, 1.54) is 12.8 Å². The minimum Gasteiger partial charge on any atom is -0.341 e. The number of hydrogen-bond acceptors (Lipinski definition) is 2. The smallest absolute Gasteiger partial charge is 0.315 e. The third kappa shape index (κ3) is 4.97. The number of amides is 3. The highest BCUT2D eigenvalue weighted by Crippen LogP contribution is 2.37. The first-order valence-electron chi connectivity index (χ1n) is 9.21. The molecular formula is C19H26BrN3O2. The minimum absolute atomic E-state index is 0.00642. The number of hydrogen-bond donors (Lipinski definition) is 2. The number of nitrogens with one attached hydrogen (secondary N) is 2. The molecule has 3 rings (SSSR count). The van der Waals surface area contributed by atoms with Crippen LogP contribution in [0.25, 0.3) is 0 Å². The summed E-state index contributed by atoms with van der Waals surface area (Å²) in [6, 6.07) is 7.84. The van der Waals surface area contributed by atoms with Crippen molar-refractivity contribution in [3.05, 3.63) is 34.3 Å². The topological polar surface area (TPSA) is 61.4 Å². The lowest BCUT2D eigenvalue weighted by atomic mass is 9.77. The van der Waals surface area contributed by atoms with Crippen molar-refractivity contribution in [2.45, 2.75) is 44.6 Å². The van der Waals surface area contributed by atoms with E-state index in [0.717, 1.165) is 48.8 Å². The van der Waals surface area contributed by atoms with E-state index in [1.807, 2.05) is 29.2 Å². The van der Waals surface area contributed by atoms with Crippen molar-refractivity contribution in [3.63, 3.8) is 0 Å². The molecule has 1 saturated heterocycles. The van der Waals surface area contributed by atoms with Gasteiger partial charge in [0.1, 0.15) is 0 Å². The van der Waals surface area contributed by atoms with Crippen molar-refractivity contribution in [3.8, 4) is 0 Å². The Kier molecular flexibility index (Phi) is 6.34. The van der Waals surface area contributed by atoms with E-state index in [-0.39, 0.29) is 24.5 Å². The van der Waals surface area contributed by atoms with Gasteiger partial charge < -0.3 is 15.5 Å². The lowest BCUT2D eigenvalue weighted by Crippen LogP contribution is -2.47. The second-order valence-corrected chi connectivity index (χ2v) is 7.90. The number of carbonyl (C=O) groups excluding carboxylic acids is 2. The normalized spacial score (nSPS) is 19.0. The second kappa shape index (κ2) is 8.70. The van der Waals surface area contributed by atoms with Crippen molar-refractivity contribution in [2.75, 3.05) is 19.6 Å². The number of rotatable bonds is 5. The molecule has 136 valence electrons. The van der Waals surface area contributed by atoms with Crippen LogP contribution in [0, 0.1) is 5.92 Å². The van der Waals surface area contributed by atoms with Crippen molar-refractivity contribution in [1.82, 2.24) is 15.5 Å². The zero-order valence-corrected chi connectivity index (χ0v) is 16.1. The summed E-state index contributed by atoms with van der Waals surface area (Å²) in [5, 5.41) is 5.82. The van der Waals surface area contributed by atoms with Gasteiger partial charge in [0.15, 0.2) is 0 Å². The van der Waals surface area contributed by atoms with Gasteiger partial charge in [0.05, 0.1) is 12.6 Å². The van der Waals surface area contributed by atoms with E-state index in [2.05, 4.69) is 26.6 Å². The van der Waals surface area contributed by atoms with Gasteiger partial charge in [-0.15, -0.1) is 0 Å². The molecule has 5 nitrogen and oxygen atoms in total. The molecule has 2 aliphatic rings. The summed E-state index contributed by atoms with van der Waals surface area (Å²) >= 11 is 3.45. The summed E-state index contributed by atoms with van der Waals surface area (Å²) < 4.78 is 1.03. The van der Waals surface area contributed by atoms with Crippen LogP contribution < -0.4 is 10.6 Å². The number of piperidine rings is 1. The average Bonchev–Trinajstić information content (AvgIpc) is 2.59. The number of nitrogens with zero attached hydrogens (tertiary/aromatic N) is 1. The molecule has 0 spiro atoms. The van der Waals surface area contributed by atoms with E-state index in [1.54, 1.807) is 0 Å². The van der Waals surface area contributed by atoms with Gasteiger partial charge in [-0.1, -0.05) is 34.5 Å². The van der Waals surface area contributed by atoms with E-state index < -0.39 is 0 Å². The molecule has 1 aliphatic heterocycles. The van der Waals surface area contributed by atoms with Crippen LogP contribution in [0.15, 0.2) is 28.7 Å². The molecule has 2 N–H and O–H groups in total. The van der Waals surface area contributed by atoms with Gasteiger partial charge in [-0.2, -0.15) is 0 Å². The Labute approximate surface area is 157 Å². The Hall–Kier alpha value is -1.56. The fraction of sp³-hybridized carbons (Fsp3) is 0.579. The molecule has 25 heavy (non-hydrogen) atoms. The quantitative estimate of drug-likeness (QED) is 0.782. The minimum atomic E-state index is -0.259. The largest absolute Gasteiger partial charge is 0.341 e. The Balaban J connectivity index is 1.53. The van der Waals surface area contributed by atoms with Crippen molar-refractivity contribution >= 4 is 27.9 Å². The van der Waals surface area contributed by atoms with Gasteiger partial charge in [0, 0.05) is 17.6 Å². The van der Waals surface area contributed by atoms with Gasteiger partial charge in [0.2, 0.25) is 5.91 Å². The van der Waals surface area contributed by atoms with Gasteiger partial charge in [-0.3, -0.25) is 4.79 Å². The monoisotopic (exact) mass is 407 g/mol. The summed E-state index contributed by atoms with van der Waals surface area (Å²) in [7, 11) is 0. The van der Waals surface area contributed by atoms with E-state index >= 15 is 0 Å². The lowest BCUT2D eigenvalue weighted by Gasteiger charge is -2.34. The highest BCUT2D eigenvalue weighted by Gasteiger charge is 2.30. The van der Waals surface area contributed by atoms with Crippen LogP contribution >= 0.6 is 15.9 Å². The first-order valence-corrected chi connectivity index (χ1v) is 10.0. The Morgan fingerprint density at radius 2 is 1.76 bits per heavy atom. The number of carbonyl (C=O) groups is 2. The molecule has 1 saturated carbocycles. The van der Waals surface area contributed by atoms with E-state index in [9.17, 15) is 9.59 Å². The molecule has 6 heteroatoms. The maximum absolute atomic E-state index is 12.3. The summed E-state index contributed by atoms with van der Waals surface area (Å²) in [6.45, 7) is 1.70. The first kappa shape index (κ1) is 18.2. The Morgan fingerprint density at radius 3 is 2.36 bits per heavy atom. The van der Waals surface area contributed by atoms with Crippen LogP contribution in [0.3, 0.4) is 0 Å². The van der Waals surface area contributed by atoms with Crippen LogP contribution in [0.5, 0.6) is 0 Å². The van der Waals surface area contributed by atoms with Crippen LogP contribution in [-0.4, -0.2) is 36.5 Å². The maximum atomic E-state index is 12.3. The van der Waals surface area contributed by atoms with Crippen molar-refractivity contribution in [1.29, 1.82) is 0 Å². The van der Waals surface area contributed by atoms with E-state index in [0.29, 0.717) is 5.92 Å². The standard InChI is InChI=1S/C19H26BrN3O2/c20-16-9-7-15(8-10-16)18(14-5-4-6-14)22-19(25)21-13-17(24)23-11-2-1-3-12-23/h7-10,14,18H,1-6,11-13H2,(H2,21,22,25)/t18-/m1/s1. The molecule has 1 aliphatic carbocycles. The van der Waals surface area contributed by atoms with Crippen LogP contribution in [0.2, 0.25) is 0 Å². The zero-order chi connectivity index (χ0) is 17.6. The average molecular weight is 408 g/mol. The van der Waals surface area contributed by atoms with Gasteiger partial charge in [-0.25, -0.2) is 4.79 Å². The molecule has 0 bridgehead atoms. The number of likely N-dealkylation sites (tertiary alicyclic amines) is 1. The third-order valence-electron chi connectivity index (χ3n) is 5.25. The SMILES string of the molecule is O=C(NCC(=O)N1CCCCC1)N[C@@H](c1ccc(Br)cc1)C1CCC1. The fourth-order valence-electron chi connectivity index (χ4n) is 3.52. The first-order chi connectivity index (χ1) is 12.1. The molecular weight excluding hydrogens is 382 g/mol. The summed E-state index contributed by atoms with van der Waals surface area (Å²) in [5.41, 5.74) is 1.12. The zero-order valence-electron chi connectivity index (χ0n) is 14.5. The molecule has 1 heterocycles. The van der Waals surface area contributed by atoms with Crippen LogP contribution in [-0.2, 0) is 4.79 Å². The van der Waals surface area contributed by atoms with E-state index in [4.69, 9.17) is 0 Å². The van der Waals surface area contributed by atoms with Crippen molar-refractivity contribution < 1.29 is 9.59 Å². The third-order valence-corrected chi connectivity index (χ3v) is 5.77. The number of halogens is 1. The van der Waals surface area contributed by atoms with Crippen LogP contribution in [0.4, 0.5) is 4.79 Å². The summed E-state index contributed by atoms with van der Waals surface area (Å²) in [5.74, 6) is 0.489. The molecule has 0 unspecified atom stereocenters. The highest BCUT2D eigenvalue weighted by atomic mass is 79.9. The summed E-state index contributed by atoms with van der Waals surface area (Å²) in [4.78, 5) is 26.3. The van der Waals surface area contributed by atoms with Gasteiger partial charge in [-0.05, 0) is 55.7 Å². The van der Waals surface area contributed by atoms with Crippen LogP contribution in [0.1, 0.15) is 50.1 Å².